The molecule has 0 aliphatic carbocycles. The van der Waals surface area contributed by atoms with Gasteiger partial charge in [-0.15, -0.1) is 0 Å². The van der Waals surface area contributed by atoms with Crippen LogP contribution in [0.2, 0.25) is 5.02 Å². The first-order chi connectivity index (χ1) is 10.2. The zero-order valence-corrected chi connectivity index (χ0v) is 13.2. The van der Waals surface area contributed by atoms with Crippen molar-refractivity contribution in [2.75, 3.05) is 0 Å². The number of aromatic nitrogens is 1. The van der Waals surface area contributed by atoms with Crippen molar-refractivity contribution in [1.29, 1.82) is 0 Å². The molecular formula is C16H11BrClNO2. The van der Waals surface area contributed by atoms with Crippen molar-refractivity contribution in [1.82, 2.24) is 4.98 Å². The number of aliphatic hydroxyl groups excluding tert-OH is 1. The number of para-hydroxylation sites is 1. The van der Waals surface area contributed by atoms with Crippen LogP contribution >= 0.6 is 27.5 Å². The van der Waals surface area contributed by atoms with Crippen LogP contribution < -0.4 is 4.74 Å². The minimum atomic E-state index is -0.136. The summed E-state index contributed by atoms with van der Waals surface area (Å²) in [6.45, 7) is -0.136. The van der Waals surface area contributed by atoms with E-state index in [9.17, 15) is 5.11 Å². The third kappa shape index (κ3) is 3.02. The number of fused-ring (bicyclic) bond motifs is 1. The average molecular weight is 365 g/mol. The number of nitrogens with zero attached hydrogens (tertiary/aromatic N) is 1. The third-order valence-electron chi connectivity index (χ3n) is 3.01. The average Bonchev–Trinajstić information content (AvgIpc) is 2.49. The van der Waals surface area contributed by atoms with Gasteiger partial charge in [0.05, 0.1) is 22.3 Å². The number of ether oxygens (including phenoxy) is 1. The molecule has 3 rings (SSSR count). The van der Waals surface area contributed by atoms with Crippen LogP contribution in [-0.4, -0.2) is 10.1 Å². The van der Waals surface area contributed by atoms with Gasteiger partial charge in [-0.2, -0.15) is 0 Å². The van der Waals surface area contributed by atoms with E-state index in [2.05, 4.69) is 20.9 Å². The van der Waals surface area contributed by atoms with E-state index in [1.165, 1.54) is 0 Å². The van der Waals surface area contributed by atoms with Crippen molar-refractivity contribution >= 4 is 38.4 Å². The molecule has 0 aliphatic heterocycles. The van der Waals surface area contributed by atoms with Crippen molar-refractivity contribution in [3.8, 4) is 11.5 Å². The van der Waals surface area contributed by atoms with Gasteiger partial charge in [0, 0.05) is 16.5 Å². The molecule has 106 valence electrons. The number of benzene rings is 2. The molecule has 0 unspecified atom stereocenters. The lowest BCUT2D eigenvalue weighted by molar-refractivity contribution is 0.276. The van der Waals surface area contributed by atoms with Crippen molar-refractivity contribution in [2.24, 2.45) is 0 Å². The predicted octanol–water partition coefficient (Wildman–Crippen LogP) is 4.94. The zero-order valence-electron chi connectivity index (χ0n) is 10.9. The first-order valence-electron chi connectivity index (χ1n) is 6.30. The van der Waals surface area contributed by atoms with Crippen LogP contribution in [0.4, 0.5) is 0 Å². The Kier molecular flexibility index (Phi) is 4.10. The number of pyridine rings is 1. The minimum absolute atomic E-state index is 0.136. The van der Waals surface area contributed by atoms with E-state index in [4.69, 9.17) is 16.3 Å². The van der Waals surface area contributed by atoms with Gasteiger partial charge in [-0.3, -0.25) is 4.98 Å². The monoisotopic (exact) mass is 363 g/mol. The van der Waals surface area contributed by atoms with Gasteiger partial charge in [-0.25, -0.2) is 0 Å². The maximum Gasteiger partial charge on any atom is 0.141 e. The molecule has 0 aliphatic rings. The van der Waals surface area contributed by atoms with Crippen LogP contribution in [0.25, 0.3) is 10.9 Å². The fraction of sp³-hybridized carbons (Fsp3) is 0.0625. The largest absolute Gasteiger partial charge is 0.455 e. The first kappa shape index (κ1) is 14.3. The molecule has 0 amide bonds. The lowest BCUT2D eigenvalue weighted by Gasteiger charge is -2.11. The van der Waals surface area contributed by atoms with Crippen LogP contribution in [0.3, 0.4) is 0 Å². The lowest BCUT2D eigenvalue weighted by atomic mass is 10.2. The molecular weight excluding hydrogens is 354 g/mol. The summed E-state index contributed by atoms with van der Waals surface area (Å²) in [5.74, 6) is 1.30. The van der Waals surface area contributed by atoms with Crippen LogP contribution in [0.15, 0.2) is 53.0 Å². The highest BCUT2D eigenvalue weighted by molar-refractivity contribution is 9.10. The van der Waals surface area contributed by atoms with E-state index in [0.29, 0.717) is 22.2 Å². The summed E-state index contributed by atoms with van der Waals surface area (Å²) >= 11 is 9.36. The highest BCUT2D eigenvalue weighted by Gasteiger charge is 2.09. The molecule has 3 aromatic rings. The van der Waals surface area contributed by atoms with Gasteiger partial charge in [-0.05, 0) is 46.3 Å². The maximum atomic E-state index is 9.33. The van der Waals surface area contributed by atoms with Gasteiger partial charge >= 0.3 is 0 Å². The molecule has 0 atom stereocenters. The molecule has 21 heavy (non-hydrogen) atoms. The second-order valence-corrected chi connectivity index (χ2v) is 5.75. The first-order valence-corrected chi connectivity index (χ1v) is 7.47. The van der Waals surface area contributed by atoms with E-state index < -0.39 is 0 Å². The van der Waals surface area contributed by atoms with Gasteiger partial charge < -0.3 is 9.84 Å². The van der Waals surface area contributed by atoms with Gasteiger partial charge in [0.15, 0.2) is 0 Å². The SMILES string of the molecule is OCc1cc(Oc2ccc(Cl)cc2Br)c2ccccc2n1. The summed E-state index contributed by atoms with van der Waals surface area (Å²) in [5.41, 5.74) is 1.35. The van der Waals surface area contributed by atoms with E-state index in [1.54, 1.807) is 24.3 Å². The Morgan fingerprint density at radius 1 is 1.10 bits per heavy atom. The summed E-state index contributed by atoms with van der Waals surface area (Å²) in [4.78, 5) is 4.37. The van der Waals surface area contributed by atoms with Crippen molar-refractivity contribution in [3.05, 3.63) is 63.7 Å². The van der Waals surface area contributed by atoms with E-state index >= 15 is 0 Å². The Bertz CT molecular complexity index is 807. The van der Waals surface area contributed by atoms with E-state index in [0.717, 1.165) is 15.4 Å². The molecule has 0 saturated heterocycles. The van der Waals surface area contributed by atoms with Crippen molar-refractivity contribution < 1.29 is 9.84 Å². The van der Waals surface area contributed by atoms with Crippen LogP contribution in [0.1, 0.15) is 5.69 Å². The molecule has 0 radical (unpaired) electrons. The number of hydrogen-bond acceptors (Lipinski definition) is 3. The maximum absolute atomic E-state index is 9.33. The van der Waals surface area contributed by atoms with Crippen molar-refractivity contribution in [3.63, 3.8) is 0 Å². The molecule has 0 bridgehead atoms. The van der Waals surface area contributed by atoms with Crippen LogP contribution in [0.5, 0.6) is 11.5 Å². The Morgan fingerprint density at radius 3 is 2.67 bits per heavy atom. The molecule has 1 aromatic heterocycles. The summed E-state index contributed by atoms with van der Waals surface area (Å²) in [7, 11) is 0. The van der Waals surface area contributed by atoms with Gasteiger partial charge in [0.1, 0.15) is 11.5 Å². The standard InChI is InChI=1S/C16H11BrClNO2/c17-13-7-10(18)5-6-15(13)21-16-8-11(9-20)19-14-4-2-1-3-12(14)16/h1-8,20H,9H2. The fourth-order valence-electron chi connectivity index (χ4n) is 2.04. The lowest BCUT2D eigenvalue weighted by Crippen LogP contribution is -1.94. The number of halogens is 2. The number of rotatable bonds is 3. The topological polar surface area (TPSA) is 42.4 Å². The second kappa shape index (κ2) is 6.02. The smallest absolute Gasteiger partial charge is 0.141 e. The fourth-order valence-corrected chi connectivity index (χ4v) is 2.80. The molecule has 5 heteroatoms. The van der Waals surface area contributed by atoms with Crippen LogP contribution in [-0.2, 0) is 6.61 Å². The number of aliphatic hydroxyl groups is 1. The van der Waals surface area contributed by atoms with Gasteiger partial charge in [0.25, 0.3) is 0 Å². The Hall–Kier alpha value is -1.62. The molecule has 0 fully saturated rings. The van der Waals surface area contributed by atoms with E-state index in [-0.39, 0.29) is 6.61 Å². The summed E-state index contributed by atoms with van der Waals surface area (Å²) in [6.07, 6.45) is 0. The van der Waals surface area contributed by atoms with Crippen LogP contribution in [0, 0.1) is 0 Å². The highest BCUT2D eigenvalue weighted by atomic mass is 79.9. The number of hydrogen-bond donors (Lipinski definition) is 1. The highest BCUT2D eigenvalue weighted by Crippen LogP contribution is 2.35. The molecule has 2 aromatic carbocycles. The molecule has 0 saturated carbocycles. The van der Waals surface area contributed by atoms with Gasteiger partial charge in [-0.1, -0.05) is 23.7 Å². The molecule has 3 nitrogen and oxygen atoms in total. The quantitative estimate of drug-likeness (QED) is 0.716. The second-order valence-electron chi connectivity index (χ2n) is 4.46. The normalized spacial score (nSPS) is 10.8. The summed E-state index contributed by atoms with van der Waals surface area (Å²) < 4.78 is 6.73. The molecule has 1 heterocycles. The third-order valence-corrected chi connectivity index (χ3v) is 3.86. The van der Waals surface area contributed by atoms with E-state index in [1.807, 2.05) is 24.3 Å². The molecule has 0 spiro atoms. The molecule has 1 N–H and O–H groups in total. The Balaban J connectivity index is 2.10. The minimum Gasteiger partial charge on any atom is -0.455 e. The predicted molar refractivity (Wildman–Crippen MR) is 86.9 cm³/mol. The summed E-state index contributed by atoms with van der Waals surface area (Å²) in [5, 5.41) is 10.8. The zero-order chi connectivity index (χ0) is 14.8. The Morgan fingerprint density at radius 2 is 1.90 bits per heavy atom. The van der Waals surface area contributed by atoms with Crippen molar-refractivity contribution in [2.45, 2.75) is 6.61 Å². The summed E-state index contributed by atoms with van der Waals surface area (Å²) in [6, 6.07) is 14.7. The van der Waals surface area contributed by atoms with Gasteiger partial charge in [0.2, 0.25) is 0 Å². The Labute approximate surface area is 135 Å².